The fourth-order valence-corrected chi connectivity index (χ4v) is 11.2. The van der Waals surface area contributed by atoms with E-state index in [9.17, 15) is 40.2 Å². The van der Waals surface area contributed by atoms with E-state index in [0.29, 0.717) is 12.2 Å². The molecule has 0 bridgehead atoms. The normalized spacial score (nSPS) is 47.2. The molecule has 0 spiro atoms. The van der Waals surface area contributed by atoms with Crippen LogP contribution in [0.2, 0.25) is 0 Å². The second-order valence-electron chi connectivity index (χ2n) is 20.4. The summed E-state index contributed by atoms with van der Waals surface area (Å²) in [6, 6.07) is 1.49. The van der Waals surface area contributed by atoms with Crippen LogP contribution in [0.15, 0.2) is 18.3 Å². The molecule has 1 aromatic heterocycles. The number of carbonyl (C=O) groups is 2. The zero-order chi connectivity index (χ0) is 48.0. The topological polar surface area (TPSA) is 234 Å². The maximum absolute atomic E-state index is 14.4. The smallest absolute Gasteiger partial charge is 0.311 e. The molecule has 0 aromatic carbocycles. The van der Waals surface area contributed by atoms with Crippen LogP contribution in [-0.2, 0) is 40.3 Å². The van der Waals surface area contributed by atoms with Crippen LogP contribution in [0.4, 0.5) is 0 Å². The molecule has 0 aliphatic carbocycles. The van der Waals surface area contributed by atoms with E-state index < -0.39 is 126 Å². The number of likely N-dealkylation sites (N-methyl/N-ethyl adjacent to an activating group) is 2. The first-order valence-electron chi connectivity index (χ1n) is 23.1. The van der Waals surface area contributed by atoms with Crippen molar-refractivity contribution in [3.8, 4) is 0 Å². The number of methoxy groups -OCH3 is 1. The van der Waals surface area contributed by atoms with Gasteiger partial charge in [-0.05, 0) is 93.5 Å². The summed E-state index contributed by atoms with van der Waals surface area (Å²) in [6.07, 6.45) is -9.82. The third-order valence-corrected chi connectivity index (χ3v) is 15.1. The number of ether oxygens (including phenoxy) is 6. The molecule has 4 aliphatic rings. The Kier molecular flexibility index (Phi) is 16.9. The van der Waals surface area contributed by atoms with Crippen molar-refractivity contribution in [2.75, 3.05) is 34.3 Å². The molecule has 4 aliphatic heterocycles. The van der Waals surface area contributed by atoms with Gasteiger partial charge in [0.2, 0.25) is 0 Å². The summed E-state index contributed by atoms with van der Waals surface area (Å²) in [6.45, 7) is 17.8. The number of piperidine rings is 1. The van der Waals surface area contributed by atoms with E-state index >= 15 is 0 Å². The molecule has 1 aromatic rings. The third-order valence-electron chi connectivity index (χ3n) is 15.1. The van der Waals surface area contributed by atoms with Crippen molar-refractivity contribution in [3.05, 3.63) is 24.0 Å². The monoisotopic (exact) mass is 913 g/mol. The van der Waals surface area contributed by atoms with E-state index in [1.807, 2.05) is 23.8 Å². The molecule has 1 unspecified atom stereocenters. The number of cyclic esters (lactones) is 1. The summed E-state index contributed by atoms with van der Waals surface area (Å²) in [5, 5.41) is 74.3. The van der Waals surface area contributed by atoms with Gasteiger partial charge in [-0.1, -0.05) is 20.8 Å². The van der Waals surface area contributed by atoms with Gasteiger partial charge in [0, 0.05) is 63.8 Å². The SMILES string of the molecule is CC[C@H]1OC(=O)[C@H](C)[C@@H](O[C@H]2C[C@@](C)(OC)[C@@H](O)[C@H](C)O2)[C@H](C)[C@@H](O[C@@H]2O[C@H](C)C3[C@H](O)[C@@H](NC(=O)c4cccn4C)CN(C)[C@@H]3[C@H]2O)[C@](C)(O)C[C@@H](C)CN(C)[C@H](C)[C@@H](O)[C@]1(C)O. The molecule has 1 amide bonds. The lowest BCUT2D eigenvalue weighted by atomic mass is 9.76. The number of likely N-dealkylation sites (tertiary alicyclic amines) is 1. The summed E-state index contributed by atoms with van der Waals surface area (Å²) in [5.41, 5.74) is -4.18. The average Bonchev–Trinajstić information content (AvgIpc) is 3.66. The van der Waals surface area contributed by atoms with Crippen LogP contribution in [0.5, 0.6) is 0 Å². The van der Waals surface area contributed by atoms with E-state index in [1.54, 1.807) is 92.4 Å². The highest BCUT2D eigenvalue weighted by Gasteiger charge is 2.57. The highest BCUT2D eigenvalue weighted by molar-refractivity contribution is 5.93. The maximum Gasteiger partial charge on any atom is 0.311 e. The van der Waals surface area contributed by atoms with Gasteiger partial charge in [0.25, 0.3) is 5.91 Å². The molecule has 4 fully saturated rings. The zero-order valence-corrected chi connectivity index (χ0v) is 40.5. The zero-order valence-electron chi connectivity index (χ0n) is 40.5. The number of aliphatic hydroxyl groups excluding tert-OH is 4. The summed E-state index contributed by atoms with van der Waals surface area (Å²) in [4.78, 5) is 31.4. The molecular formula is C46H80N4O14. The Hall–Kier alpha value is -2.30. The van der Waals surface area contributed by atoms with Crippen molar-refractivity contribution >= 4 is 11.9 Å². The second kappa shape index (κ2) is 20.5. The maximum atomic E-state index is 14.4. The first-order valence-corrected chi connectivity index (χ1v) is 23.1. The Morgan fingerprint density at radius 1 is 0.891 bits per heavy atom. The summed E-state index contributed by atoms with van der Waals surface area (Å²) >= 11 is 0. The number of hydrogen-bond acceptors (Lipinski definition) is 16. The van der Waals surface area contributed by atoms with Crippen molar-refractivity contribution in [1.29, 1.82) is 0 Å². The van der Waals surface area contributed by atoms with Gasteiger partial charge in [-0.15, -0.1) is 0 Å². The Morgan fingerprint density at radius 3 is 2.14 bits per heavy atom. The average molecular weight is 913 g/mol. The molecule has 7 N–H and O–H groups in total. The second-order valence-corrected chi connectivity index (χ2v) is 20.4. The minimum absolute atomic E-state index is 0.0774. The summed E-state index contributed by atoms with van der Waals surface area (Å²) < 4.78 is 39.8. The number of carbonyl (C=O) groups excluding carboxylic acids is 2. The van der Waals surface area contributed by atoms with Crippen LogP contribution in [0, 0.1) is 23.7 Å². The van der Waals surface area contributed by atoms with Gasteiger partial charge in [0.05, 0.1) is 53.7 Å². The largest absolute Gasteiger partial charge is 0.459 e. The quantitative estimate of drug-likeness (QED) is 0.180. The molecule has 368 valence electrons. The highest BCUT2D eigenvalue weighted by atomic mass is 16.7. The molecule has 0 saturated carbocycles. The van der Waals surface area contributed by atoms with Crippen molar-refractivity contribution in [1.82, 2.24) is 19.7 Å². The number of aryl methyl sites for hydroxylation is 1. The minimum atomic E-state index is -1.85. The van der Waals surface area contributed by atoms with Gasteiger partial charge in [0.15, 0.2) is 12.6 Å². The predicted octanol–water partition coefficient (Wildman–Crippen LogP) is 1.01. The lowest BCUT2D eigenvalue weighted by Gasteiger charge is -2.55. The van der Waals surface area contributed by atoms with Gasteiger partial charge in [-0.3, -0.25) is 14.5 Å². The minimum Gasteiger partial charge on any atom is -0.459 e. The van der Waals surface area contributed by atoms with Gasteiger partial charge in [-0.25, -0.2) is 0 Å². The Bertz CT molecular complexity index is 1720. The number of fused-ring (bicyclic) bond motifs is 1. The van der Waals surface area contributed by atoms with Gasteiger partial charge in [-0.2, -0.15) is 0 Å². The number of aromatic nitrogens is 1. The highest BCUT2D eigenvalue weighted by Crippen LogP contribution is 2.42. The Labute approximate surface area is 379 Å². The first kappa shape index (κ1) is 52.7. The molecule has 5 rings (SSSR count). The van der Waals surface area contributed by atoms with Crippen molar-refractivity contribution in [2.24, 2.45) is 30.7 Å². The summed E-state index contributed by atoms with van der Waals surface area (Å²) in [5.74, 6) is -3.93. The van der Waals surface area contributed by atoms with Gasteiger partial charge in [0.1, 0.15) is 35.7 Å². The van der Waals surface area contributed by atoms with Crippen LogP contribution in [-0.4, -0.2) is 194 Å². The summed E-state index contributed by atoms with van der Waals surface area (Å²) in [7, 11) is 6.87. The molecule has 21 atom stereocenters. The molecule has 18 nitrogen and oxygen atoms in total. The van der Waals surface area contributed by atoms with Crippen LogP contribution in [0.1, 0.15) is 99.0 Å². The fourth-order valence-electron chi connectivity index (χ4n) is 11.2. The number of amides is 1. The van der Waals surface area contributed by atoms with Crippen molar-refractivity contribution in [3.63, 3.8) is 0 Å². The molecule has 5 heterocycles. The molecular weight excluding hydrogens is 833 g/mol. The molecule has 64 heavy (non-hydrogen) atoms. The van der Waals surface area contributed by atoms with E-state index in [0.717, 1.165) is 0 Å². The van der Waals surface area contributed by atoms with Crippen LogP contribution < -0.4 is 5.32 Å². The Balaban J connectivity index is 1.53. The third kappa shape index (κ3) is 10.7. The van der Waals surface area contributed by atoms with Crippen molar-refractivity contribution in [2.45, 2.75) is 191 Å². The van der Waals surface area contributed by atoms with Gasteiger partial charge >= 0.3 is 5.97 Å². The standard InChI is InChI=1S/C46H80N4O14/c1-15-31-46(10,58)38(53)26(5)49(12)21-23(2)19-44(8,57)40(24(3)37(25(4)42(56)62-31)63-32-20-45(9,59-14)39(54)28(7)60-32)64-43-36(52)34-33(27(6)61-43)35(51)29(22-50(34)13)47-41(55)30-17-16-18-48(30)11/h16-18,23-29,31-40,43,51-54,57-58H,15,19-22H2,1-14H3,(H,47,55)/t23-,24+,25-,26-,27-,28+,29+,31-,32+,33?,34+,35-,36-,37+,38-,39+,40-,43+,44-,45-,46-/m1/s1. The van der Waals surface area contributed by atoms with Crippen LogP contribution in [0.3, 0.4) is 0 Å². The lowest BCUT2D eigenvalue weighted by molar-refractivity contribution is -0.330. The van der Waals surface area contributed by atoms with Crippen LogP contribution in [0.25, 0.3) is 0 Å². The van der Waals surface area contributed by atoms with Crippen LogP contribution >= 0.6 is 0 Å². The number of esters is 1. The van der Waals surface area contributed by atoms with E-state index in [2.05, 4.69) is 5.32 Å². The predicted molar refractivity (Wildman–Crippen MR) is 235 cm³/mol. The number of hydrogen-bond donors (Lipinski definition) is 7. The lowest BCUT2D eigenvalue weighted by Crippen LogP contribution is -2.72. The number of aliphatic hydroxyl groups is 6. The van der Waals surface area contributed by atoms with E-state index in [-0.39, 0.29) is 37.6 Å². The Morgan fingerprint density at radius 2 is 1.55 bits per heavy atom. The first-order chi connectivity index (χ1) is 29.7. The number of nitrogens with one attached hydrogen (secondary N) is 1. The van der Waals surface area contributed by atoms with E-state index in [1.165, 1.54) is 14.0 Å². The van der Waals surface area contributed by atoms with Gasteiger partial charge < -0.3 is 73.8 Å². The molecule has 4 saturated heterocycles. The molecule has 0 radical (unpaired) electrons. The van der Waals surface area contributed by atoms with E-state index in [4.69, 9.17) is 28.4 Å². The number of rotatable bonds is 8. The van der Waals surface area contributed by atoms with Crippen molar-refractivity contribution < 1.29 is 68.6 Å². The number of nitrogens with zero attached hydrogens (tertiary/aromatic N) is 3. The fraction of sp³-hybridized carbons (Fsp3) is 0.870. The molecule has 18 heteroatoms.